The molecule has 34 heavy (non-hydrogen) atoms. The largest absolute Gasteiger partial charge is 0.471 e. The Bertz CT molecular complexity index is 1170. The number of alkyl halides is 3. The van der Waals surface area contributed by atoms with E-state index >= 15 is 0 Å². The first-order valence-corrected chi connectivity index (χ1v) is 14.2. The topological polar surface area (TPSA) is 23.6 Å². The Kier molecular flexibility index (Phi) is 6.87. The van der Waals surface area contributed by atoms with E-state index in [2.05, 4.69) is 42.8 Å². The number of carbonyl (C=O) groups excluding carboxylic acids is 1. The summed E-state index contributed by atoms with van der Waals surface area (Å²) in [5, 5.41) is 1.55. The SMILES string of the molecule is O=C(N1CCS/C1=C1\[C@H](c2ccc(Br)cc2)C=C2SCCN2[C@@H]1c1ccc(Br)cc1)C(F)(F)F. The summed E-state index contributed by atoms with van der Waals surface area (Å²) in [4.78, 5) is 15.6. The van der Waals surface area contributed by atoms with Gasteiger partial charge in [-0.15, -0.1) is 23.5 Å². The van der Waals surface area contributed by atoms with Gasteiger partial charge in [-0.1, -0.05) is 56.1 Å². The van der Waals surface area contributed by atoms with Crippen LogP contribution in [0.5, 0.6) is 0 Å². The minimum atomic E-state index is -4.92. The van der Waals surface area contributed by atoms with E-state index in [1.54, 1.807) is 11.8 Å². The second-order valence-corrected chi connectivity index (χ2v) is 12.1. The molecule has 0 saturated carbocycles. The molecule has 1 amide bonds. The van der Waals surface area contributed by atoms with Crippen LogP contribution in [0, 0.1) is 0 Å². The Morgan fingerprint density at radius 2 is 1.47 bits per heavy atom. The minimum Gasteiger partial charge on any atom is -0.355 e. The minimum absolute atomic E-state index is 0.0489. The Morgan fingerprint density at radius 3 is 2.09 bits per heavy atom. The number of allylic oxidation sites excluding steroid dienone is 1. The number of fused-ring (bicyclic) bond motifs is 1. The number of carbonyl (C=O) groups is 1. The van der Waals surface area contributed by atoms with Crippen molar-refractivity contribution in [2.24, 2.45) is 0 Å². The van der Waals surface area contributed by atoms with Gasteiger partial charge in [-0.05, 0) is 47.0 Å². The van der Waals surface area contributed by atoms with Crippen molar-refractivity contribution in [2.75, 3.05) is 24.6 Å². The molecule has 0 aromatic heterocycles. The van der Waals surface area contributed by atoms with Crippen LogP contribution in [0.15, 0.2) is 79.2 Å². The van der Waals surface area contributed by atoms with Crippen LogP contribution in [0.4, 0.5) is 13.2 Å². The highest BCUT2D eigenvalue weighted by atomic mass is 79.9. The molecule has 10 heteroatoms. The van der Waals surface area contributed by atoms with Crippen molar-refractivity contribution >= 4 is 61.3 Å². The highest BCUT2D eigenvalue weighted by Crippen LogP contribution is 2.53. The molecule has 2 aromatic rings. The molecule has 2 atom stereocenters. The maximum absolute atomic E-state index is 13.5. The van der Waals surface area contributed by atoms with Gasteiger partial charge >= 0.3 is 12.1 Å². The summed E-state index contributed by atoms with van der Waals surface area (Å²) in [5.74, 6) is -0.698. The van der Waals surface area contributed by atoms with Crippen LogP contribution in [0.1, 0.15) is 23.1 Å². The van der Waals surface area contributed by atoms with Crippen molar-refractivity contribution in [3.8, 4) is 0 Å². The van der Waals surface area contributed by atoms with Crippen LogP contribution in [0.3, 0.4) is 0 Å². The quantitative estimate of drug-likeness (QED) is 0.347. The molecule has 3 heterocycles. The Morgan fingerprint density at radius 1 is 0.882 bits per heavy atom. The van der Waals surface area contributed by atoms with Crippen LogP contribution in [-0.2, 0) is 4.79 Å². The molecule has 0 bridgehead atoms. The number of nitrogens with zero attached hydrogens (tertiary/aromatic N) is 2. The number of hydrogen-bond donors (Lipinski definition) is 0. The number of hydrogen-bond acceptors (Lipinski definition) is 4. The van der Waals surface area contributed by atoms with Crippen LogP contribution in [-0.4, -0.2) is 46.5 Å². The van der Waals surface area contributed by atoms with Gasteiger partial charge in [-0.25, -0.2) is 0 Å². The molecule has 0 N–H and O–H groups in total. The third-order valence-corrected chi connectivity index (χ3v) is 9.29. The highest BCUT2D eigenvalue weighted by Gasteiger charge is 2.48. The molecule has 5 rings (SSSR count). The van der Waals surface area contributed by atoms with Crippen molar-refractivity contribution in [2.45, 2.75) is 18.1 Å². The van der Waals surface area contributed by atoms with Gasteiger partial charge in [0, 0.05) is 39.5 Å². The van der Waals surface area contributed by atoms with Crippen LogP contribution < -0.4 is 0 Å². The molecule has 0 aliphatic carbocycles. The average Bonchev–Trinajstić information content (AvgIpc) is 3.47. The fourth-order valence-electron chi connectivity index (χ4n) is 4.61. The monoisotopic (exact) mass is 630 g/mol. The van der Waals surface area contributed by atoms with E-state index < -0.39 is 12.1 Å². The second-order valence-electron chi connectivity index (χ2n) is 8.09. The molecule has 3 aliphatic rings. The van der Waals surface area contributed by atoms with Gasteiger partial charge < -0.3 is 4.90 Å². The van der Waals surface area contributed by atoms with Crippen LogP contribution in [0.2, 0.25) is 0 Å². The highest BCUT2D eigenvalue weighted by molar-refractivity contribution is 9.10. The molecule has 0 unspecified atom stereocenters. The zero-order chi connectivity index (χ0) is 24.0. The van der Waals surface area contributed by atoms with E-state index in [0.717, 1.165) is 47.9 Å². The van der Waals surface area contributed by atoms with Gasteiger partial charge in [0.2, 0.25) is 0 Å². The van der Waals surface area contributed by atoms with Gasteiger partial charge in [0.15, 0.2) is 0 Å². The van der Waals surface area contributed by atoms with Crippen molar-refractivity contribution in [1.29, 1.82) is 0 Å². The summed E-state index contributed by atoms with van der Waals surface area (Å²) in [6.07, 6.45) is -2.77. The lowest BCUT2D eigenvalue weighted by molar-refractivity contribution is -0.182. The zero-order valence-corrected chi connectivity index (χ0v) is 22.5. The Labute approximate surface area is 221 Å². The molecule has 3 aliphatic heterocycles. The fourth-order valence-corrected chi connectivity index (χ4v) is 7.43. The molecule has 2 aromatic carbocycles. The number of thioether (sulfide) groups is 2. The summed E-state index contributed by atoms with van der Waals surface area (Å²) in [5.41, 5.74) is 2.81. The first-order chi connectivity index (χ1) is 16.2. The van der Waals surface area contributed by atoms with Crippen molar-refractivity contribution < 1.29 is 18.0 Å². The van der Waals surface area contributed by atoms with Crippen molar-refractivity contribution in [1.82, 2.24) is 9.80 Å². The molecule has 2 saturated heterocycles. The van der Waals surface area contributed by atoms with Gasteiger partial charge in [0.1, 0.15) is 0 Å². The third kappa shape index (κ3) is 4.58. The smallest absolute Gasteiger partial charge is 0.355 e. The normalized spacial score (nSPS) is 24.9. The maximum atomic E-state index is 13.5. The summed E-state index contributed by atoms with van der Waals surface area (Å²) < 4.78 is 42.4. The number of rotatable bonds is 2. The third-order valence-electron chi connectivity index (χ3n) is 6.06. The standard InChI is InChI=1S/C24H19Br2F3N2OS2/c25-16-5-1-14(2-6-16)18-13-19-30(9-11-33-19)21(15-3-7-17(26)8-4-15)20(18)22-31(10-12-34-22)23(32)24(27,28)29/h1-8,13,18,21H,9-12H2/b22-20+/t18-,21+/m0/s1. The maximum Gasteiger partial charge on any atom is 0.471 e. The second kappa shape index (κ2) is 9.59. The first kappa shape index (κ1) is 24.3. The fraction of sp³-hybridized carbons (Fsp3) is 0.292. The lowest BCUT2D eigenvalue weighted by Crippen LogP contribution is -2.40. The van der Waals surface area contributed by atoms with Gasteiger partial charge in [0.25, 0.3) is 0 Å². The van der Waals surface area contributed by atoms with Crippen LogP contribution >= 0.6 is 55.4 Å². The summed E-state index contributed by atoms with van der Waals surface area (Å²) in [6, 6.07) is 15.5. The number of amides is 1. The van der Waals surface area contributed by atoms with Crippen molar-refractivity contribution in [3.63, 3.8) is 0 Å². The molecule has 2 fully saturated rings. The van der Waals surface area contributed by atoms with Crippen LogP contribution in [0.25, 0.3) is 0 Å². The Hall–Kier alpha value is -1.36. The van der Waals surface area contributed by atoms with Gasteiger partial charge in [0.05, 0.1) is 16.1 Å². The molecule has 3 nitrogen and oxygen atoms in total. The first-order valence-electron chi connectivity index (χ1n) is 10.6. The van der Waals surface area contributed by atoms with E-state index in [1.807, 2.05) is 48.5 Å². The van der Waals surface area contributed by atoms with E-state index in [4.69, 9.17) is 0 Å². The lowest BCUT2D eigenvalue weighted by Gasteiger charge is -2.41. The molecular formula is C24H19Br2F3N2OS2. The lowest BCUT2D eigenvalue weighted by atomic mass is 9.81. The van der Waals surface area contributed by atoms with Crippen molar-refractivity contribution in [3.05, 3.63) is 90.3 Å². The number of halogens is 5. The van der Waals surface area contributed by atoms with Gasteiger partial charge in [-0.3, -0.25) is 9.69 Å². The predicted molar refractivity (Wildman–Crippen MR) is 138 cm³/mol. The summed E-state index contributed by atoms with van der Waals surface area (Å²) in [6.45, 7) is 0.840. The van der Waals surface area contributed by atoms with E-state index in [0.29, 0.717) is 10.8 Å². The molecule has 178 valence electrons. The summed E-state index contributed by atoms with van der Waals surface area (Å²) >= 11 is 10.1. The average molecular weight is 632 g/mol. The van der Waals surface area contributed by atoms with E-state index in [1.165, 1.54) is 11.8 Å². The van der Waals surface area contributed by atoms with E-state index in [-0.39, 0.29) is 18.5 Å². The summed E-state index contributed by atoms with van der Waals surface area (Å²) in [7, 11) is 0. The zero-order valence-electron chi connectivity index (χ0n) is 17.7. The molecular weight excluding hydrogens is 613 g/mol. The predicted octanol–water partition coefficient (Wildman–Crippen LogP) is 7.29. The Balaban J connectivity index is 1.74. The van der Waals surface area contributed by atoms with E-state index in [9.17, 15) is 18.0 Å². The van der Waals surface area contributed by atoms with Gasteiger partial charge in [-0.2, -0.15) is 13.2 Å². The molecule has 0 radical (unpaired) electrons. The molecule has 0 spiro atoms. The number of benzene rings is 2.